The molecule has 6 nitrogen and oxygen atoms in total. The highest BCUT2D eigenvalue weighted by Crippen LogP contribution is 1.94. The molecule has 0 aliphatic heterocycles. The largest absolute Gasteiger partial charge is 0.327 e. The van der Waals surface area contributed by atoms with Crippen molar-refractivity contribution >= 4 is 16.3 Å². The summed E-state index contributed by atoms with van der Waals surface area (Å²) in [4.78, 5) is 14.2. The fourth-order valence-electron chi connectivity index (χ4n) is 0.967. The zero-order valence-corrected chi connectivity index (χ0v) is 8.49. The summed E-state index contributed by atoms with van der Waals surface area (Å²) < 4.78 is 25.3. The van der Waals surface area contributed by atoms with Gasteiger partial charge in [-0.1, -0.05) is 0 Å². The van der Waals surface area contributed by atoms with E-state index in [0.29, 0.717) is 18.5 Å². The number of carbonyl (C=O) groups is 1. The molecule has 0 aliphatic rings. The van der Waals surface area contributed by atoms with Crippen molar-refractivity contribution in [3.05, 3.63) is 18.2 Å². The lowest BCUT2D eigenvalue weighted by Crippen LogP contribution is -2.26. The van der Waals surface area contributed by atoms with E-state index in [-0.39, 0.29) is 6.54 Å². The lowest BCUT2D eigenvalue weighted by Gasteiger charge is -2.04. The third kappa shape index (κ3) is 3.27. The Labute approximate surface area is 82.0 Å². The van der Waals surface area contributed by atoms with E-state index < -0.39 is 10.0 Å². The normalized spacial score (nSPS) is 11.5. The first-order valence-corrected chi connectivity index (χ1v) is 5.82. The summed E-state index contributed by atoms with van der Waals surface area (Å²) in [5.74, 6) is 0. The number of sulfonamides is 1. The molecule has 0 unspecified atom stereocenters. The van der Waals surface area contributed by atoms with E-state index in [1.165, 1.54) is 12.5 Å². The third-order valence-electron chi connectivity index (χ3n) is 1.58. The number of hydrogen-bond acceptors (Lipinski definition) is 4. The summed E-state index contributed by atoms with van der Waals surface area (Å²) in [6, 6.07) is 0. The molecule has 1 aromatic heterocycles. The molecule has 0 bridgehead atoms. The summed E-state index contributed by atoms with van der Waals surface area (Å²) in [5, 5.41) is 0. The summed E-state index contributed by atoms with van der Waals surface area (Å²) in [6.45, 7) is 0.636. The van der Waals surface area contributed by atoms with E-state index in [1.54, 1.807) is 4.57 Å². The van der Waals surface area contributed by atoms with Crippen LogP contribution in [0, 0.1) is 0 Å². The van der Waals surface area contributed by atoms with Gasteiger partial charge in [-0.15, -0.1) is 0 Å². The van der Waals surface area contributed by atoms with Crippen LogP contribution in [0.15, 0.2) is 12.5 Å². The Morgan fingerprint density at radius 3 is 2.93 bits per heavy atom. The van der Waals surface area contributed by atoms with Crippen LogP contribution in [-0.2, 0) is 16.6 Å². The van der Waals surface area contributed by atoms with Crippen molar-refractivity contribution in [2.75, 3.05) is 12.8 Å². The highest BCUT2D eigenvalue weighted by atomic mass is 32.2. The average molecular weight is 217 g/mol. The second-order valence-corrected chi connectivity index (χ2v) is 4.63. The lowest BCUT2D eigenvalue weighted by molar-refractivity contribution is 0.111. The number of imidazole rings is 1. The molecule has 0 aliphatic carbocycles. The van der Waals surface area contributed by atoms with Crippen LogP contribution in [0.1, 0.15) is 10.5 Å². The predicted molar refractivity (Wildman–Crippen MR) is 50.5 cm³/mol. The first kappa shape index (κ1) is 10.9. The number of hydrogen-bond donors (Lipinski definition) is 1. The lowest BCUT2D eigenvalue weighted by atomic mass is 10.5. The van der Waals surface area contributed by atoms with Gasteiger partial charge in [-0.05, 0) is 0 Å². The Hall–Kier alpha value is -1.21. The van der Waals surface area contributed by atoms with Crippen molar-refractivity contribution < 1.29 is 13.2 Å². The van der Waals surface area contributed by atoms with E-state index in [1.807, 2.05) is 0 Å². The van der Waals surface area contributed by atoms with Crippen molar-refractivity contribution in [3.63, 3.8) is 0 Å². The fourth-order valence-corrected chi connectivity index (χ4v) is 1.43. The smallest absolute Gasteiger partial charge is 0.208 e. The van der Waals surface area contributed by atoms with Crippen LogP contribution in [-0.4, -0.2) is 37.1 Å². The molecule has 7 heteroatoms. The summed E-state index contributed by atoms with van der Waals surface area (Å²) in [6.07, 6.45) is 4.66. The van der Waals surface area contributed by atoms with Gasteiger partial charge in [0, 0.05) is 13.1 Å². The molecule has 0 fully saturated rings. The Balaban J connectivity index is 2.50. The predicted octanol–water partition coefficient (Wildman–Crippen LogP) is -0.755. The Bertz CT molecular complexity index is 410. The topological polar surface area (TPSA) is 81.1 Å². The van der Waals surface area contributed by atoms with Gasteiger partial charge in [0.2, 0.25) is 10.0 Å². The molecule has 0 amide bonds. The van der Waals surface area contributed by atoms with E-state index >= 15 is 0 Å². The molecule has 0 radical (unpaired) electrons. The number of aromatic nitrogens is 2. The number of rotatable bonds is 5. The van der Waals surface area contributed by atoms with Gasteiger partial charge in [0.05, 0.1) is 18.8 Å². The van der Waals surface area contributed by atoms with Crippen molar-refractivity contribution in [1.29, 1.82) is 0 Å². The summed E-state index contributed by atoms with van der Waals surface area (Å²) >= 11 is 0. The molecular formula is C7H11N3O3S. The van der Waals surface area contributed by atoms with Crippen LogP contribution in [0.25, 0.3) is 0 Å². The van der Waals surface area contributed by atoms with Crippen LogP contribution in [0.5, 0.6) is 0 Å². The van der Waals surface area contributed by atoms with E-state index in [9.17, 15) is 13.2 Å². The molecule has 0 aromatic carbocycles. The van der Waals surface area contributed by atoms with Crippen molar-refractivity contribution in [1.82, 2.24) is 14.3 Å². The zero-order chi connectivity index (χ0) is 10.6. The molecular weight excluding hydrogens is 206 g/mol. The van der Waals surface area contributed by atoms with Gasteiger partial charge < -0.3 is 4.57 Å². The van der Waals surface area contributed by atoms with Crippen molar-refractivity contribution in [2.45, 2.75) is 6.54 Å². The van der Waals surface area contributed by atoms with E-state index in [2.05, 4.69) is 9.71 Å². The maximum absolute atomic E-state index is 10.7. The van der Waals surface area contributed by atoms with Gasteiger partial charge in [0.1, 0.15) is 5.69 Å². The van der Waals surface area contributed by atoms with Crippen molar-refractivity contribution in [3.8, 4) is 0 Å². The van der Waals surface area contributed by atoms with Crippen LogP contribution in [0.3, 0.4) is 0 Å². The van der Waals surface area contributed by atoms with Crippen molar-refractivity contribution in [2.24, 2.45) is 0 Å². The molecule has 14 heavy (non-hydrogen) atoms. The van der Waals surface area contributed by atoms with Crippen LogP contribution >= 0.6 is 0 Å². The van der Waals surface area contributed by atoms with Gasteiger partial charge in [-0.25, -0.2) is 18.1 Å². The second-order valence-electron chi connectivity index (χ2n) is 2.80. The molecule has 78 valence electrons. The van der Waals surface area contributed by atoms with Crippen LogP contribution in [0.2, 0.25) is 0 Å². The minimum absolute atomic E-state index is 0.246. The first-order valence-electron chi connectivity index (χ1n) is 3.93. The number of nitrogens with zero attached hydrogens (tertiary/aromatic N) is 2. The quantitative estimate of drug-likeness (QED) is 0.658. The second kappa shape index (κ2) is 4.34. The standard InChI is InChI=1S/C7H11N3O3S/c1-14(12,13)9-2-3-10-6-8-4-7(10)5-11/h4-6,9H,2-3H2,1H3. The summed E-state index contributed by atoms with van der Waals surface area (Å²) in [7, 11) is -3.17. The SMILES string of the molecule is CS(=O)(=O)NCCn1cncc1C=O. The highest BCUT2D eigenvalue weighted by Gasteiger charge is 2.02. The highest BCUT2D eigenvalue weighted by molar-refractivity contribution is 7.88. The maximum atomic E-state index is 10.7. The van der Waals surface area contributed by atoms with Gasteiger partial charge in [-0.3, -0.25) is 4.79 Å². The van der Waals surface area contributed by atoms with Gasteiger partial charge in [0.25, 0.3) is 0 Å². The monoisotopic (exact) mass is 217 g/mol. The molecule has 0 spiro atoms. The Kier molecular flexibility index (Phi) is 3.37. The first-order chi connectivity index (χ1) is 6.53. The van der Waals surface area contributed by atoms with Crippen LogP contribution < -0.4 is 4.72 Å². The molecule has 1 rings (SSSR count). The Morgan fingerprint density at radius 2 is 2.36 bits per heavy atom. The van der Waals surface area contributed by atoms with Gasteiger partial charge in [-0.2, -0.15) is 0 Å². The average Bonchev–Trinajstić information content (AvgIpc) is 2.49. The summed E-state index contributed by atoms with van der Waals surface area (Å²) in [5.41, 5.74) is 0.431. The number of aldehydes is 1. The minimum Gasteiger partial charge on any atom is -0.327 e. The van der Waals surface area contributed by atoms with Gasteiger partial charge in [0.15, 0.2) is 6.29 Å². The van der Waals surface area contributed by atoms with Gasteiger partial charge >= 0.3 is 0 Å². The zero-order valence-electron chi connectivity index (χ0n) is 7.67. The molecule has 1 N–H and O–H groups in total. The van der Waals surface area contributed by atoms with E-state index in [0.717, 1.165) is 6.26 Å². The molecule has 0 saturated carbocycles. The Morgan fingerprint density at radius 1 is 1.64 bits per heavy atom. The molecule has 0 saturated heterocycles. The van der Waals surface area contributed by atoms with Crippen LogP contribution in [0.4, 0.5) is 0 Å². The molecule has 1 aromatic rings. The maximum Gasteiger partial charge on any atom is 0.208 e. The van der Waals surface area contributed by atoms with E-state index in [4.69, 9.17) is 0 Å². The number of nitrogens with one attached hydrogen (secondary N) is 1. The number of carbonyl (C=O) groups excluding carboxylic acids is 1. The minimum atomic E-state index is -3.17. The molecule has 1 heterocycles. The molecule has 0 atom stereocenters. The third-order valence-corrected chi connectivity index (χ3v) is 2.31. The fraction of sp³-hybridized carbons (Fsp3) is 0.429.